The van der Waals surface area contributed by atoms with Crippen molar-refractivity contribution in [2.24, 2.45) is 0 Å². The van der Waals surface area contributed by atoms with E-state index in [2.05, 4.69) is 19.9 Å². The summed E-state index contributed by atoms with van der Waals surface area (Å²) in [7, 11) is 0. The van der Waals surface area contributed by atoms with Crippen molar-refractivity contribution < 1.29 is 0 Å². The van der Waals surface area contributed by atoms with Crippen molar-refractivity contribution in [1.82, 2.24) is 24.5 Å². The van der Waals surface area contributed by atoms with Crippen LogP contribution in [0.15, 0.2) is 35.5 Å². The van der Waals surface area contributed by atoms with E-state index in [1.807, 2.05) is 12.1 Å². The summed E-state index contributed by atoms with van der Waals surface area (Å²) in [5.41, 5.74) is 2.82. The van der Waals surface area contributed by atoms with Gasteiger partial charge in [-0.2, -0.15) is 0 Å². The Bertz CT molecular complexity index is 830. The molecule has 1 fully saturated rings. The number of hydrogen-bond donors (Lipinski definition) is 1. The first kappa shape index (κ1) is 12.3. The first-order valence-electron chi connectivity index (χ1n) is 7.20. The molecule has 0 unspecified atom stereocenters. The van der Waals surface area contributed by atoms with Gasteiger partial charge in [-0.15, -0.1) is 0 Å². The highest BCUT2D eigenvalue weighted by atomic mass is 16.1. The van der Waals surface area contributed by atoms with Crippen molar-refractivity contribution in [3.8, 4) is 11.3 Å². The highest BCUT2D eigenvalue weighted by Gasteiger charge is 2.22. The summed E-state index contributed by atoms with van der Waals surface area (Å²) >= 11 is 0. The third-order valence-corrected chi connectivity index (χ3v) is 4.09. The van der Waals surface area contributed by atoms with Crippen molar-refractivity contribution in [3.05, 3.63) is 41.2 Å². The summed E-state index contributed by atoms with van der Waals surface area (Å²) in [6.07, 6.45) is 9.54. The van der Waals surface area contributed by atoms with Crippen LogP contribution in [-0.2, 0) is 0 Å². The van der Waals surface area contributed by atoms with Crippen molar-refractivity contribution in [2.45, 2.75) is 31.7 Å². The van der Waals surface area contributed by atoms with Gasteiger partial charge in [0.15, 0.2) is 11.3 Å². The minimum atomic E-state index is -0.108. The van der Waals surface area contributed by atoms with Crippen molar-refractivity contribution >= 4 is 11.3 Å². The molecule has 3 aromatic heterocycles. The van der Waals surface area contributed by atoms with E-state index in [1.54, 1.807) is 23.2 Å². The minimum Gasteiger partial charge on any atom is -0.289 e. The van der Waals surface area contributed by atoms with E-state index < -0.39 is 0 Å². The quantitative estimate of drug-likeness (QED) is 0.782. The summed E-state index contributed by atoms with van der Waals surface area (Å²) in [6.45, 7) is 0. The van der Waals surface area contributed by atoms with E-state index in [0.717, 1.165) is 24.1 Å². The van der Waals surface area contributed by atoms with E-state index in [0.29, 0.717) is 11.3 Å². The lowest BCUT2D eigenvalue weighted by Gasteiger charge is -2.10. The molecule has 3 heterocycles. The highest BCUT2D eigenvalue weighted by Crippen LogP contribution is 2.30. The summed E-state index contributed by atoms with van der Waals surface area (Å²) < 4.78 is 1.78. The van der Waals surface area contributed by atoms with Crippen LogP contribution in [0.2, 0.25) is 0 Å². The topological polar surface area (TPSA) is 76.5 Å². The number of aromatic amines is 1. The number of H-pyrrole nitrogens is 1. The number of aromatic nitrogens is 5. The van der Waals surface area contributed by atoms with E-state index in [4.69, 9.17) is 0 Å². The molecule has 6 nitrogen and oxygen atoms in total. The predicted octanol–water partition coefficient (Wildman–Crippen LogP) is 2.30. The highest BCUT2D eigenvalue weighted by molar-refractivity contribution is 5.70. The van der Waals surface area contributed by atoms with Gasteiger partial charge in [0, 0.05) is 24.0 Å². The first-order chi connectivity index (χ1) is 10.3. The van der Waals surface area contributed by atoms with Crippen LogP contribution in [0.1, 0.15) is 31.7 Å². The van der Waals surface area contributed by atoms with Crippen LogP contribution in [0.25, 0.3) is 22.6 Å². The van der Waals surface area contributed by atoms with Gasteiger partial charge in [0.2, 0.25) is 0 Å². The van der Waals surface area contributed by atoms with Crippen LogP contribution >= 0.6 is 0 Å². The summed E-state index contributed by atoms with van der Waals surface area (Å²) in [5.74, 6) is 0. The number of fused-ring (bicyclic) bond motifs is 1. The molecular formula is C15H15N5O. The molecular weight excluding hydrogens is 266 g/mol. The molecule has 4 rings (SSSR count). The molecule has 1 aliphatic rings. The van der Waals surface area contributed by atoms with E-state index in [9.17, 15) is 4.79 Å². The van der Waals surface area contributed by atoms with Gasteiger partial charge in [0.05, 0.1) is 11.9 Å². The van der Waals surface area contributed by atoms with Crippen LogP contribution in [0, 0.1) is 0 Å². The van der Waals surface area contributed by atoms with Crippen molar-refractivity contribution in [1.29, 1.82) is 0 Å². The second-order valence-electron chi connectivity index (χ2n) is 5.40. The molecule has 0 aliphatic heterocycles. The second-order valence-corrected chi connectivity index (χ2v) is 5.40. The molecule has 1 aliphatic carbocycles. The molecule has 0 amide bonds. The smallest absolute Gasteiger partial charge is 0.289 e. The van der Waals surface area contributed by atoms with Gasteiger partial charge in [0.1, 0.15) is 0 Å². The van der Waals surface area contributed by atoms with Gasteiger partial charge in [0.25, 0.3) is 0 Å². The van der Waals surface area contributed by atoms with Crippen molar-refractivity contribution in [2.75, 3.05) is 0 Å². The van der Waals surface area contributed by atoms with Crippen LogP contribution in [0.3, 0.4) is 0 Å². The molecule has 0 spiro atoms. The Morgan fingerprint density at radius 2 is 1.95 bits per heavy atom. The maximum absolute atomic E-state index is 12.2. The minimum absolute atomic E-state index is 0.108. The second kappa shape index (κ2) is 4.80. The first-order valence-corrected chi connectivity index (χ1v) is 7.20. The number of imidazole rings is 1. The average Bonchev–Trinajstić information content (AvgIpc) is 3.13. The summed E-state index contributed by atoms with van der Waals surface area (Å²) in [5, 5.41) is 0. The van der Waals surface area contributed by atoms with Crippen LogP contribution in [0.5, 0.6) is 0 Å². The molecule has 0 atom stereocenters. The van der Waals surface area contributed by atoms with Gasteiger partial charge in [-0.1, -0.05) is 12.8 Å². The maximum Gasteiger partial charge on any atom is 0.329 e. The van der Waals surface area contributed by atoms with Crippen LogP contribution in [0.4, 0.5) is 0 Å². The lowest BCUT2D eigenvalue weighted by molar-refractivity contribution is 0.515. The Morgan fingerprint density at radius 1 is 1.19 bits per heavy atom. The molecule has 106 valence electrons. The maximum atomic E-state index is 12.2. The van der Waals surface area contributed by atoms with E-state index >= 15 is 0 Å². The lowest BCUT2D eigenvalue weighted by atomic mass is 10.2. The van der Waals surface area contributed by atoms with E-state index in [-0.39, 0.29) is 11.7 Å². The zero-order valence-corrected chi connectivity index (χ0v) is 11.5. The van der Waals surface area contributed by atoms with E-state index in [1.165, 1.54) is 12.8 Å². The Hall–Kier alpha value is -2.50. The average molecular weight is 281 g/mol. The molecule has 0 aromatic carbocycles. The molecule has 21 heavy (non-hydrogen) atoms. The zero-order chi connectivity index (χ0) is 14.2. The predicted molar refractivity (Wildman–Crippen MR) is 78.9 cm³/mol. The van der Waals surface area contributed by atoms with Gasteiger partial charge in [-0.3, -0.25) is 14.5 Å². The number of rotatable bonds is 2. The molecule has 6 heteroatoms. The number of nitrogens with one attached hydrogen (secondary N) is 1. The summed E-state index contributed by atoms with van der Waals surface area (Å²) in [4.78, 5) is 28.0. The number of pyridine rings is 1. The summed E-state index contributed by atoms with van der Waals surface area (Å²) in [6, 6.07) is 4.02. The monoisotopic (exact) mass is 281 g/mol. The number of nitrogens with zero attached hydrogens (tertiary/aromatic N) is 4. The largest absolute Gasteiger partial charge is 0.329 e. The fourth-order valence-electron chi connectivity index (χ4n) is 3.06. The van der Waals surface area contributed by atoms with Gasteiger partial charge >= 0.3 is 5.69 Å². The lowest BCUT2D eigenvalue weighted by Crippen LogP contribution is -2.20. The van der Waals surface area contributed by atoms with Crippen molar-refractivity contribution in [3.63, 3.8) is 0 Å². The zero-order valence-electron chi connectivity index (χ0n) is 11.5. The molecule has 0 bridgehead atoms. The third kappa shape index (κ3) is 2.03. The Labute approximate surface area is 120 Å². The third-order valence-electron chi connectivity index (χ3n) is 4.09. The molecule has 0 saturated heterocycles. The molecule has 0 radical (unpaired) electrons. The fourth-order valence-corrected chi connectivity index (χ4v) is 3.06. The molecule has 3 aromatic rings. The normalized spacial score (nSPS) is 15.8. The Balaban J connectivity index is 1.90. The molecule has 1 saturated carbocycles. The van der Waals surface area contributed by atoms with Gasteiger partial charge < -0.3 is 0 Å². The SMILES string of the molecule is O=c1[nH]c2ncc(-c3ccncc3)nc2n1C1CCCC1. The van der Waals surface area contributed by atoms with Gasteiger partial charge in [-0.25, -0.2) is 14.8 Å². The van der Waals surface area contributed by atoms with Crippen LogP contribution in [-0.4, -0.2) is 24.5 Å². The number of hydrogen-bond acceptors (Lipinski definition) is 4. The molecule has 1 N–H and O–H groups in total. The Kier molecular flexibility index (Phi) is 2.80. The fraction of sp³-hybridized carbons (Fsp3) is 0.333. The van der Waals surface area contributed by atoms with Gasteiger partial charge in [-0.05, 0) is 25.0 Å². The van der Waals surface area contributed by atoms with Crippen LogP contribution < -0.4 is 5.69 Å². The standard InChI is InChI=1S/C15H15N5O/c21-15-19-13-14(20(15)11-3-1-2-4-11)18-12(9-17-13)10-5-7-16-8-6-10/h5-9,11H,1-4H2,(H,17,19,21). The Morgan fingerprint density at radius 3 is 2.71 bits per heavy atom.